The van der Waals surface area contributed by atoms with Gasteiger partial charge in [0.2, 0.25) is 5.91 Å². The number of hydrogen-bond donors (Lipinski definition) is 2. The molecule has 2 aliphatic rings. The molecule has 0 aliphatic heterocycles. The third-order valence-electron chi connectivity index (χ3n) is 4.59. The second kappa shape index (κ2) is 5.82. The van der Waals surface area contributed by atoms with E-state index in [1.165, 1.54) is 17.7 Å². The summed E-state index contributed by atoms with van der Waals surface area (Å²) in [4.78, 5) is 18.2. The van der Waals surface area contributed by atoms with Crippen molar-refractivity contribution in [3.05, 3.63) is 16.1 Å². The van der Waals surface area contributed by atoms with Gasteiger partial charge in [-0.3, -0.25) is 4.79 Å². The lowest BCUT2D eigenvalue weighted by Crippen LogP contribution is -2.38. The van der Waals surface area contributed by atoms with E-state index >= 15 is 0 Å². The smallest absolute Gasteiger partial charge is 0.224 e. The zero-order valence-corrected chi connectivity index (χ0v) is 12.8. The van der Waals surface area contributed by atoms with Crippen molar-refractivity contribution in [2.75, 3.05) is 6.54 Å². The molecule has 0 saturated heterocycles. The van der Waals surface area contributed by atoms with Gasteiger partial charge in [0.05, 0.1) is 6.04 Å². The number of aromatic nitrogens is 1. The van der Waals surface area contributed by atoms with Gasteiger partial charge in [-0.1, -0.05) is 6.42 Å². The molecule has 1 heterocycles. The summed E-state index contributed by atoms with van der Waals surface area (Å²) in [5.41, 5.74) is 5.79. The second-order valence-corrected chi connectivity index (χ2v) is 7.43. The highest BCUT2D eigenvalue weighted by atomic mass is 32.1. The van der Waals surface area contributed by atoms with Gasteiger partial charge in [0.15, 0.2) is 0 Å². The van der Waals surface area contributed by atoms with E-state index in [-0.39, 0.29) is 17.9 Å². The van der Waals surface area contributed by atoms with Gasteiger partial charge in [-0.05, 0) is 51.0 Å². The molecule has 2 saturated carbocycles. The van der Waals surface area contributed by atoms with Crippen molar-refractivity contribution in [1.29, 1.82) is 0 Å². The number of nitrogens with zero attached hydrogens (tertiary/aromatic N) is 1. The van der Waals surface area contributed by atoms with Crippen molar-refractivity contribution in [2.24, 2.45) is 23.5 Å². The fourth-order valence-electron chi connectivity index (χ4n) is 3.25. The molecule has 0 radical (unpaired) electrons. The summed E-state index contributed by atoms with van der Waals surface area (Å²) in [6.07, 6.45) is 7.52. The quantitative estimate of drug-likeness (QED) is 0.876. The van der Waals surface area contributed by atoms with Crippen LogP contribution in [-0.4, -0.2) is 17.4 Å². The molecule has 1 aromatic rings. The molecule has 3 rings (SSSR count). The van der Waals surface area contributed by atoms with Crippen molar-refractivity contribution in [3.63, 3.8) is 0 Å². The Morgan fingerprint density at radius 1 is 1.50 bits per heavy atom. The molecular formula is C15H23N3OS. The first-order valence-electron chi connectivity index (χ1n) is 7.62. The highest BCUT2D eigenvalue weighted by Gasteiger charge is 2.38. The Hall–Kier alpha value is -0.940. The first-order chi connectivity index (χ1) is 9.69. The molecule has 5 heteroatoms. The maximum Gasteiger partial charge on any atom is 0.224 e. The van der Waals surface area contributed by atoms with Gasteiger partial charge in [-0.15, -0.1) is 11.3 Å². The summed E-state index contributed by atoms with van der Waals surface area (Å²) in [6, 6.07) is 0.125. The Bertz CT molecular complexity index is 483. The molecule has 3 atom stereocenters. The minimum atomic E-state index is 0.113. The third kappa shape index (κ3) is 2.88. The van der Waals surface area contributed by atoms with Gasteiger partial charge >= 0.3 is 0 Å². The zero-order valence-electron chi connectivity index (χ0n) is 12.0. The van der Waals surface area contributed by atoms with Crippen LogP contribution in [-0.2, 0) is 4.79 Å². The SMILES string of the molecule is Cc1cnc(C(NC(=O)[C@@H]2CCC[C@@H]2CN)C2CC2)s1. The average molecular weight is 293 g/mol. The number of rotatable bonds is 5. The summed E-state index contributed by atoms with van der Waals surface area (Å²) in [5.74, 6) is 1.26. The van der Waals surface area contributed by atoms with E-state index in [0.717, 1.165) is 24.3 Å². The summed E-state index contributed by atoms with van der Waals surface area (Å²) in [6.45, 7) is 2.69. The van der Waals surface area contributed by atoms with Gasteiger partial charge < -0.3 is 11.1 Å². The van der Waals surface area contributed by atoms with Crippen LogP contribution < -0.4 is 11.1 Å². The van der Waals surface area contributed by atoms with Gasteiger partial charge in [-0.2, -0.15) is 0 Å². The standard InChI is InChI=1S/C15H23N3OS/c1-9-8-17-15(20-9)13(10-5-6-10)18-14(19)12-4-2-3-11(12)7-16/h8,10-13H,2-7,16H2,1H3,(H,18,19)/t11-,12-,13?/m1/s1. The van der Waals surface area contributed by atoms with Crippen LogP contribution in [0.5, 0.6) is 0 Å². The highest BCUT2D eigenvalue weighted by Crippen LogP contribution is 2.42. The second-order valence-electron chi connectivity index (χ2n) is 6.17. The maximum absolute atomic E-state index is 12.5. The first kappa shape index (κ1) is 14.0. The largest absolute Gasteiger partial charge is 0.346 e. The number of nitrogens with one attached hydrogen (secondary N) is 1. The average Bonchev–Trinajstić information content (AvgIpc) is 2.99. The summed E-state index contributed by atoms with van der Waals surface area (Å²) in [7, 11) is 0. The summed E-state index contributed by atoms with van der Waals surface area (Å²) >= 11 is 1.70. The van der Waals surface area contributed by atoms with E-state index in [1.807, 2.05) is 6.20 Å². The predicted octanol–water partition coefficient (Wildman–Crippen LogP) is 2.39. The van der Waals surface area contributed by atoms with Crippen LogP contribution in [0.1, 0.15) is 48.0 Å². The molecule has 1 aromatic heterocycles. The number of aryl methyl sites for hydroxylation is 1. The minimum absolute atomic E-state index is 0.113. The van der Waals surface area contributed by atoms with Crippen LogP contribution in [0.4, 0.5) is 0 Å². The van der Waals surface area contributed by atoms with Gasteiger partial charge in [-0.25, -0.2) is 4.98 Å². The fraction of sp³-hybridized carbons (Fsp3) is 0.733. The van der Waals surface area contributed by atoms with Crippen LogP contribution >= 0.6 is 11.3 Å². The van der Waals surface area contributed by atoms with Crippen molar-refractivity contribution in [3.8, 4) is 0 Å². The maximum atomic E-state index is 12.5. The summed E-state index contributed by atoms with van der Waals surface area (Å²) in [5, 5.41) is 4.34. The van der Waals surface area contributed by atoms with Gasteiger partial charge in [0, 0.05) is 17.0 Å². The molecule has 1 unspecified atom stereocenters. The third-order valence-corrected chi connectivity index (χ3v) is 5.59. The number of hydrogen-bond acceptors (Lipinski definition) is 4. The van der Waals surface area contributed by atoms with Crippen molar-refractivity contribution in [2.45, 2.75) is 45.1 Å². The van der Waals surface area contributed by atoms with E-state index < -0.39 is 0 Å². The Labute approximate surface area is 124 Å². The van der Waals surface area contributed by atoms with Crippen molar-refractivity contribution >= 4 is 17.2 Å². The highest BCUT2D eigenvalue weighted by molar-refractivity contribution is 7.11. The lowest BCUT2D eigenvalue weighted by Gasteiger charge is -2.22. The lowest BCUT2D eigenvalue weighted by molar-refractivity contribution is -0.126. The normalized spacial score (nSPS) is 27.5. The van der Waals surface area contributed by atoms with E-state index in [0.29, 0.717) is 18.4 Å². The number of amides is 1. The molecule has 2 fully saturated rings. The number of carbonyl (C=O) groups is 1. The Morgan fingerprint density at radius 3 is 2.90 bits per heavy atom. The molecule has 0 aromatic carbocycles. The van der Waals surface area contributed by atoms with Crippen LogP contribution in [0.2, 0.25) is 0 Å². The Morgan fingerprint density at radius 2 is 2.30 bits per heavy atom. The Kier molecular flexibility index (Phi) is 4.08. The van der Waals surface area contributed by atoms with Crippen LogP contribution in [0, 0.1) is 24.7 Å². The zero-order chi connectivity index (χ0) is 14.1. The molecule has 0 spiro atoms. The number of carbonyl (C=O) groups excluding carboxylic acids is 1. The van der Waals surface area contributed by atoms with Crippen molar-refractivity contribution < 1.29 is 4.79 Å². The van der Waals surface area contributed by atoms with Crippen LogP contribution in [0.25, 0.3) is 0 Å². The van der Waals surface area contributed by atoms with E-state index in [9.17, 15) is 4.79 Å². The molecule has 2 aliphatic carbocycles. The number of thiazole rings is 1. The molecule has 0 bridgehead atoms. The van der Waals surface area contributed by atoms with Gasteiger partial charge in [0.1, 0.15) is 5.01 Å². The molecule has 20 heavy (non-hydrogen) atoms. The molecular weight excluding hydrogens is 270 g/mol. The first-order valence-corrected chi connectivity index (χ1v) is 8.43. The predicted molar refractivity (Wildman–Crippen MR) is 80.3 cm³/mol. The molecule has 3 N–H and O–H groups in total. The lowest BCUT2D eigenvalue weighted by atomic mass is 9.95. The van der Waals surface area contributed by atoms with E-state index in [2.05, 4.69) is 17.2 Å². The van der Waals surface area contributed by atoms with E-state index in [4.69, 9.17) is 5.73 Å². The Balaban J connectivity index is 1.69. The minimum Gasteiger partial charge on any atom is -0.346 e. The fourth-order valence-corrected chi connectivity index (χ4v) is 4.17. The topological polar surface area (TPSA) is 68.0 Å². The summed E-state index contributed by atoms with van der Waals surface area (Å²) < 4.78 is 0. The molecule has 1 amide bonds. The van der Waals surface area contributed by atoms with E-state index in [1.54, 1.807) is 11.3 Å². The van der Waals surface area contributed by atoms with Crippen molar-refractivity contribution in [1.82, 2.24) is 10.3 Å². The molecule has 110 valence electrons. The number of nitrogens with two attached hydrogens (primary N) is 1. The molecule has 4 nitrogen and oxygen atoms in total. The van der Waals surface area contributed by atoms with Gasteiger partial charge in [0.25, 0.3) is 0 Å². The van der Waals surface area contributed by atoms with Crippen LogP contribution in [0.3, 0.4) is 0 Å². The monoisotopic (exact) mass is 293 g/mol. The van der Waals surface area contributed by atoms with Crippen LogP contribution in [0.15, 0.2) is 6.20 Å².